The van der Waals surface area contributed by atoms with E-state index in [1.54, 1.807) is 61.8 Å². The number of alkyl halides is 2. The van der Waals surface area contributed by atoms with Gasteiger partial charge in [0.1, 0.15) is 17.0 Å². The second-order valence-corrected chi connectivity index (χ2v) is 8.60. The minimum absolute atomic E-state index is 0.0672. The summed E-state index contributed by atoms with van der Waals surface area (Å²) < 4.78 is 35.7. The molecule has 4 heterocycles. The van der Waals surface area contributed by atoms with Crippen molar-refractivity contribution in [3.05, 3.63) is 67.0 Å². The van der Waals surface area contributed by atoms with Crippen LogP contribution in [0.3, 0.4) is 0 Å². The van der Waals surface area contributed by atoms with Gasteiger partial charge < -0.3 is 10.1 Å². The number of hydrogen-bond donors (Lipinski definition) is 1. The molecule has 0 unspecified atom stereocenters. The van der Waals surface area contributed by atoms with Crippen LogP contribution in [-0.2, 0) is 14.1 Å². The molecule has 1 aromatic carbocycles. The molecule has 0 spiro atoms. The molecule has 13 heteroatoms. The number of nitrogens with zero attached hydrogens (tertiary/aromatic N) is 7. The number of hydrogen-bond acceptors (Lipinski definition) is 7. The standard InChI is InChI=1S/C22H18F2N8O2S/c1-30-11-14(9-26-30)35-13-4-5-18(34-22(23)24)15(8-13)19-17(12-31(2)29-19)28-21(33)16-10-27-32-7-3-6-25-20(16)32/h3-12,22H,1-2H3,(H,28,33). The van der Waals surface area contributed by atoms with Crippen molar-refractivity contribution in [1.29, 1.82) is 0 Å². The van der Waals surface area contributed by atoms with Gasteiger partial charge in [-0.3, -0.25) is 14.2 Å². The molecule has 1 amide bonds. The van der Waals surface area contributed by atoms with E-state index in [-0.39, 0.29) is 17.0 Å². The Morgan fingerprint density at radius 2 is 1.97 bits per heavy atom. The van der Waals surface area contributed by atoms with Gasteiger partial charge in [0.2, 0.25) is 0 Å². The van der Waals surface area contributed by atoms with Gasteiger partial charge in [0, 0.05) is 49.3 Å². The van der Waals surface area contributed by atoms with Crippen LogP contribution in [0, 0.1) is 0 Å². The molecular weight excluding hydrogens is 478 g/mol. The summed E-state index contributed by atoms with van der Waals surface area (Å²) in [6, 6.07) is 6.51. The summed E-state index contributed by atoms with van der Waals surface area (Å²) in [4.78, 5) is 18.9. The lowest BCUT2D eigenvalue weighted by Crippen LogP contribution is -2.12. The van der Waals surface area contributed by atoms with Gasteiger partial charge in [-0.1, -0.05) is 11.8 Å². The number of carbonyl (C=O) groups excluding carboxylic acids is 1. The Labute approximate surface area is 201 Å². The number of carbonyl (C=O) groups is 1. The third kappa shape index (κ3) is 4.71. The van der Waals surface area contributed by atoms with E-state index in [9.17, 15) is 13.6 Å². The number of halogens is 2. The first-order chi connectivity index (χ1) is 16.9. The maximum Gasteiger partial charge on any atom is 0.387 e. The van der Waals surface area contributed by atoms with Crippen molar-refractivity contribution in [1.82, 2.24) is 34.2 Å². The summed E-state index contributed by atoms with van der Waals surface area (Å²) in [5.74, 6) is -0.535. The molecule has 5 aromatic rings. The first kappa shape index (κ1) is 22.5. The third-order valence-corrected chi connectivity index (χ3v) is 5.88. The maximum atomic E-state index is 13.2. The molecule has 35 heavy (non-hydrogen) atoms. The smallest absolute Gasteiger partial charge is 0.387 e. The summed E-state index contributed by atoms with van der Waals surface area (Å²) in [5, 5.41) is 15.5. The van der Waals surface area contributed by atoms with Gasteiger partial charge in [0.05, 0.1) is 23.0 Å². The van der Waals surface area contributed by atoms with Crippen LogP contribution in [0.1, 0.15) is 10.4 Å². The molecule has 178 valence electrons. The second kappa shape index (κ2) is 9.18. The van der Waals surface area contributed by atoms with Gasteiger partial charge in [-0.05, 0) is 24.3 Å². The fourth-order valence-electron chi connectivity index (χ4n) is 3.50. The first-order valence-electron chi connectivity index (χ1n) is 10.3. The Bertz CT molecular complexity index is 1530. The molecule has 4 aromatic heterocycles. The molecule has 0 saturated carbocycles. The number of aromatic nitrogens is 7. The van der Waals surface area contributed by atoms with Crippen LogP contribution < -0.4 is 10.1 Å². The zero-order valence-corrected chi connectivity index (χ0v) is 19.3. The van der Waals surface area contributed by atoms with Crippen molar-refractivity contribution >= 4 is 29.0 Å². The highest BCUT2D eigenvalue weighted by molar-refractivity contribution is 7.99. The van der Waals surface area contributed by atoms with Crippen LogP contribution in [0.5, 0.6) is 5.75 Å². The lowest BCUT2D eigenvalue weighted by Gasteiger charge is -2.12. The van der Waals surface area contributed by atoms with Gasteiger partial charge in [0.25, 0.3) is 5.91 Å². The van der Waals surface area contributed by atoms with Crippen LogP contribution in [0.25, 0.3) is 16.9 Å². The Morgan fingerprint density at radius 3 is 2.74 bits per heavy atom. The Hall–Kier alpha value is -4.26. The zero-order chi connectivity index (χ0) is 24.5. The van der Waals surface area contributed by atoms with Crippen LogP contribution >= 0.6 is 11.8 Å². The predicted octanol–water partition coefficient (Wildman–Crippen LogP) is 3.87. The van der Waals surface area contributed by atoms with E-state index in [0.717, 1.165) is 9.79 Å². The number of ether oxygens (including phenoxy) is 1. The van der Waals surface area contributed by atoms with Gasteiger partial charge in [-0.15, -0.1) is 0 Å². The molecule has 0 bridgehead atoms. The van der Waals surface area contributed by atoms with Crippen LogP contribution in [-0.4, -0.2) is 46.7 Å². The molecule has 0 aliphatic rings. The predicted molar refractivity (Wildman–Crippen MR) is 124 cm³/mol. The number of anilines is 1. The Morgan fingerprint density at radius 1 is 1.11 bits per heavy atom. The fraction of sp³-hybridized carbons (Fsp3) is 0.136. The zero-order valence-electron chi connectivity index (χ0n) is 18.5. The molecule has 0 fully saturated rings. The Kier molecular flexibility index (Phi) is 5.91. The van der Waals surface area contributed by atoms with Crippen molar-refractivity contribution < 1.29 is 18.3 Å². The summed E-state index contributed by atoms with van der Waals surface area (Å²) in [6.07, 6.45) is 9.76. The highest BCUT2D eigenvalue weighted by Crippen LogP contribution is 2.39. The summed E-state index contributed by atoms with van der Waals surface area (Å²) >= 11 is 1.40. The van der Waals surface area contributed by atoms with Crippen LogP contribution in [0.2, 0.25) is 0 Å². The second-order valence-electron chi connectivity index (χ2n) is 7.45. The normalized spacial score (nSPS) is 11.3. The minimum atomic E-state index is -3.03. The molecule has 0 aliphatic heterocycles. The van der Waals surface area contributed by atoms with Gasteiger partial charge in [-0.25, -0.2) is 9.50 Å². The van der Waals surface area contributed by atoms with E-state index in [0.29, 0.717) is 16.9 Å². The highest BCUT2D eigenvalue weighted by Gasteiger charge is 2.22. The van der Waals surface area contributed by atoms with E-state index in [2.05, 4.69) is 25.6 Å². The third-order valence-electron chi connectivity index (χ3n) is 4.94. The largest absolute Gasteiger partial charge is 0.434 e. The molecule has 0 aliphatic carbocycles. The monoisotopic (exact) mass is 496 g/mol. The summed E-state index contributed by atoms with van der Waals surface area (Å²) in [5.41, 5.74) is 1.52. The first-order valence-corrected chi connectivity index (χ1v) is 11.1. The lowest BCUT2D eigenvalue weighted by atomic mass is 10.1. The maximum absolute atomic E-state index is 13.2. The molecule has 0 radical (unpaired) electrons. The average Bonchev–Trinajstić information content (AvgIpc) is 3.52. The van der Waals surface area contributed by atoms with Gasteiger partial charge >= 0.3 is 6.61 Å². The number of amides is 1. The van der Waals surface area contributed by atoms with E-state index >= 15 is 0 Å². The van der Waals surface area contributed by atoms with Crippen molar-refractivity contribution in [2.24, 2.45) is 14.1 Å². The van der Waals surface area contributed by atoms with Crippen molar-refractivity contribution in [2.45, 2.75) is 16.4 Å². The minimum Gasteiger partial charge on any atom is -0.434 e. The molecule has 0 atom stereocenters. The molecule has 5 rings (SSSR count). The van der Waals surface area contributed by atoms with Crippen molar-refractivity contribution in [3.63, 3.8) is 0 Å². The van der Waals surface area contributed by atoms with Crippen LogP contribution in [0.4, 0.5) is 14.5 Å². The van der Waals surface area contributed by atoms with Crippen LogP contribution in [0.15, 0.2) is 71.2 Å². The molecule has 1 N–H and O–H groups in total. The number of aryl methyl sites for hydroxylation is 2. The molecule has 10 nitrogen and oxygen atoms in total. The number of fused-ring (bicyclic) bond motifs is 1. The highest BCUT2D eigenvalue weighted by atomic mass is 32.2. The fourth-order valence-corrected chi connectivity index (χ4v) is 4.39. The Balaban J connectivity index is 1.52. The summed E-state index contributed by atoms with van der Waals surface area (Å²) in [6.45, 7) is -3.03. The number of rotatable bonds is 7. The van der Waals surface area contributed by atoms with Crippen molar-refractivity contribution in [2.75, 3.05) is 5.32 Å². The topological polar surface area (TPSA) is 104 Å². The average molecular weight is 497 g/mol. The van der Waals surface area contributed by atoms with Gasteiger partial charge in [0.15, 0.2) is 5.65 Å². The van der Waals surface area contributed by atoms with E-state index in [1.165, 1.54) is 33.2 Å². The SMILES string of the molecule is Cn1cc(Sc2ccc(OC(F)F)c(-c3nn(C)cc3NC(=O)c3cnn4cccnc34)c2)cn1. The molecular formula is C22H18F2N8O2S. The summed E-state index contributed by atoms with van der Waals surface area (Å²) in [7, 11) is 3.47. The van der Waals surface area contributed by atoms with E-state index < -0.39 is 12.5 Å². The lowest BCUT2D eigenvalue weighted by molar-refractivity contribution is -0.0494. The van der Waals surface area contributed by atoms with E-state index in [4.69, 9.17) is 4.74 Å². The number of benzene rings is 1. The molecule has 0 saturated heterocycles. The number of nitrogens with one attached hydrogen (secondary N) is 1. The van der Waals surface area contributed by atoms with Gasteiger partial charge in [-0.2, -0.15) is 24.1 Å². The van der Waals surface area contributed by atoms with Crippen molar-refractivity contribution in [3.8, 4) is 17.0 Å². The quantitative estimate of drug-likeness (QED) is 0.365. The van der Waals surface area contributed by atoms with E-state index in [1.807, 2.05) is 6.20 Å².